The number of carbonyl (C=O) groups excluding carboxylic acids is 1. The van der Waals surface area contributed by atoms with Gasteiger partial charge < -0.3 is 10.2 Å². The van der Waals surface area contributed by atoms with Gasteiger partial charge in [0.05, 0.1) is 11.7 Å². The minimum absolute atomic E-state index is 0.0292. The Kier molecular flexibility index (Phi) is 3.39. The summed E-state index contributed by atoms with van der Waals surface area (Å²) in [5.41, 5.74) is 1.78. The Morgan fingerprint density at radius 3 is 3.06 bits per heavy atom. The highest BCUT2D eigenvalue weighted by Crippen LogP contribution is 2.16. The summed E-state index contributed by atoms with van der Waals surface area (Å²) < 4.78 is 0. The fourth-order valence-electron chi connectivity index (χ4n) is 1.57. The van der Waals surface area contributed by atoms with Gasteiger partial charge in [0.25, 0.3) is 0 Å². The summed E-state index contributed by atoms with van der Waals surface area (Å²) >= 11 is 0. The maximum absolute atomic E-state index is 11.6. The topological polar surface area (TPSA) is 61.0 Å². The summed E-state index contributed by atoms with van der Waals surface area (Å²) in [6.07, 6.45) is 2.24. The first-order valence-corrected chi connectivity index (χ1v) is 5.53. The van der Waals surface area contributed by atoms with Crippen molar-refractivity contribution in [2.75, 3.05) is 26.0 Å². The molecule has 0 atom stereocenters. The molecule has 5 nitrogen and oxygen atoms in total. The average molecular weight is 232 g/mol. The summed E-state index contributed by atoms with van der Waals surface area (Å²) in [4.78, 5) is 13.6. The Labute approximate surface area is 99.8 Å². The monoisotopic (exact) mass is 232 g/mol. The van der Waals surface area contributed by atoms with Crippen LogP contribution in [0.1, 0.15) is 6.42 Å². The zero-order valence-electron chi connectivity index (χ0n) is 10.0. The van der Waals surface area contributed by atoms with Crippen molar-refractivity contribution in [3.8, 4) is 0 Å². The number of nitrogens with one attached hydrogen (secondary N) is 2. The molecule has 90 valence electrons. The van der Waals surface area contributed by atoms with E-state index in [1.807, 2.05) is 37.2 Å². The molecule has 0 bridgehead atoms. The molecule has 0 fully saturated rings. The van der Waals surface area contributed by atoms with E-state index in [4.69, 9.17) is 0 Å². The van der Waals surface area contributed by atoms with Gasteiger partial charge in [-0.15, -0.1) is 0 Å². The minimum Gasteiger partial charge on any atom is -0.326 e. The molecule has 1 aromatic heterocycles. The summed E-state index contributed by atoms with van der Waals surface area (Å²) in [5, 5.41) is 10.7. The molecule has 0 aliphatic rings. The first kappa shape index (κ1) is 11.6. The van der Waals surface area contributed by atoms with Gasteiger partial charge in [-0.1, -0.05) is 0 Å². The SMILES string of the molecule is CN(C)CCC(=O)Nc1ccc2[nH]ncc2c1. The van der Waals surface area contributed by atoms with Crippen molar-refractivity contribution in [3.63, 3.8) is 0 Å². The van der Waals surface area contributed by atoms with Crippen molar-refractivity contribution < 1.29 is 4.79 Å². The highest BCUT2D eigenvalue weighted by atomic mass is 16.1. The molecule has 2 aromatic rings. The van der Waals surface area contributed by atoms with Crippen LogP contribution >= 0.6 is 0 Å². The predicted molar refractivity (Wildman–Crippen MR) is 67.9 cm³/mol. The third-order valence-electron chi connectivity index (χ3n) is 2.51. The largest absolute Gasteiger partial charge is 0.326 e. The van der Waals surface area contributed by atoms with Crippen LogP contribution in [0, 0.1) is 0 Å². The normalized spacial score (nSPS) is 11.0. The molecule has 2 N–H and O–H groups in total. The minimum atomic E-state index is 0.0292. The van der Waals surface area contributed by atoms with Gasteiger partial charge in [-0.3, -0.25) is 9.89 Å². The second-order valence-electron chi connectivity index (χ2n) is 4.27. The van der Waals surface area contributed by atoms with E-state index in [1.165, 1.54) is 0 Å². The lowest BCUT2D eigenvalue weighted by Gasteiger charge is -2.09. The van der Waals surface area contributed by atoms with E-state index in [9.17, 15) is 4.79 Å². The fourth-order valence-corrected chi connectivity index (χ4v) is 1.57. The molecule has 0 spiro atoms. The average Bonchev–Trinajstić information content (AvgIpc) is 2.73. The highest BCUT2D eigenvalue weighted by molar-refractivity contribution is 5.93. The van der Waals surface area contributed by atoms with E-state index in [2.05, 4.69) is 15.5 Å². The third kappa shape index (κ3) is 3.04. The summed E-state index contributed by atoms with van der Waals surface area (Å²) in [5.74, 6) is 0.0292. The molecule has 1 aromatic carbocycles. The van der Waals surface area contributed by atoms with Gasteiger partial charge in [-0.05, 0) is 32.3 Å². The smallest absolute Gasteiger partial charge is 0.225 e. The van der Waals surface area contributed by atoms with Crippen molar-refractivity contribution in [2.45, 2.75) is 6.42 Å². The van der Waals surface area contributed by atoms with Gasteiger partial charge >= 0.3 is 0 Å². The van der Waals surface area contributed by atoms with E-state index in [1.54, 1.807) is 6.20 Å². The number of hydrogen-bond donors (Lipinski definition) is 2. The second kappa shape index (κ2) is 4.97. The number of aromatic amines is 1. The number of H-pyrrole nitrogens is 1. The number of amides is 1. The van der Waals surface area contributed by atoms with Crippen molar-refractivity contribution in [3.05, 3.63) is 24.4 Å². The van der Waals surface area contributed by atoms with Crippen LogP contribution in [0.3, 0.4) is 0 Å². The Morgan fingerprint density at radius 1 is 1.47 bits per heavy atom. The van der Waals surface area contributed by atoms with Crippen molar-refractivity contribution in [2.24, 2.45) is 0 Å². The molecule has 1 amide bonds. The predicted octanol–water partition coefficient (Wildman–Crippen LogP) is 1.45. The second-order valence-corrected chi connectivity index (χ2v) is 4.27. The van der Waals surface area contributed by atoms with Gasteiger partial charge in [0, 0.05) is 24.0 Å². The van der Waals surface area contributed by atoms with Gasteiger partial charge in [0.1, 0.15) is 0 Å². The lowest BCUT2D eigenvalue weighted by atomic mass is 10.2. The molecule has 0 aliphatic heterocycles. The van der Waals surface area contributed by atoms with Crippen LogP contribution in [0.4, 0.5) is 5.69 Å². The molecule has 5 heteroatoms. The van der Waals surface area contributed by atoms with E-state index < -0.39 is 0 Å². The summed E-state index contributed by atoms with van der Waals surface area (Å²) in [6, 6.07) is 5.68. The molecule has 17 heavy (non-hydrogen) atoms. The summed E-state index contributed by atoms with van der Waals surface area (Å²) in [7, 11) is 3.90. The molecule has 0 saturated carbocycles. The van der Waals surface area contributed by atoms with Crippen molar-refractivity contribution in [1.29, 1.82) is 0 Å². The van der Waals surface area contributed by atoms with Gasteiger partial charge in [0.15, 0.2) is 0 Å². The van der Waals surface area contributed by atoms with Crippen LogP contribution in [0.25, 0.3) is 10.9 Å². The molecular weight excluding hydrogens is 216 g/mol. The number of aromatic nitrogens is 2. The Balaban J connectivity index is 2.00. The standard InChI is InChI=1S/C12H16N4O/c1-16(2)6-5-12(17)14-10-3-4-11-9(7-10)8-13-15-11/h3-4,7-8H,5-6H2,1-2H3,(H,13,15)(H,14,17). The highest BCUT2D eigenvalue weighted by Gasteiger charge is 2.04. The van der Waals surface area contributed by atoms with Crippen LogP contribution in [0.15, 0.2) is 24.4 Å². The zero-order chi connectivity index (χ0) is 12.3. The van der Waals surface area contributed by atoms with Crippen LogP contribution < -0.4 is 5.32 Å². The maximum atomic E-state index is 11.6. The Hall–Kier alpha value is -1.88. The number of anilines is 1. The number of fused-ring (bicyclic) bond motifs is 1. The molecule has 0 aliphatic carbocycles. The Bertz CT molecular complexity index is 518. The van der Waals surface area contributed by atoms with Crippen LogP contribution in [-0.2, 0) is 4.79 Å². The quantitative estimate of drug-likeness (QED) is 0.838. The summed E-state index contributed by atoms with van der Waals surface area (Å²) in [6.45, 7) is 0.750. The van der Waals surface area contributed by atoms with Crippen LogP contribution in [-0.4, -0.2) is 41.6 Å². The van der Waals surface area contributed by atoms with Gasteiger partial charge in [0.2, 0.25) is 5.91 Å². The number of carbonyl (C=O) groups is 1. The van der Waals surface area contributed by atoms with Crippen molar-refractivity contribution in [1.82, 2.24) is 15.1 Å². The molecule has 2 rings (SSSR count). The molecule has 0 saturated heterocycles. The molecule has 0 unspecified atom stereocenters. The molecule has 0 radical (unpaired) electrons. The lowest BCUT2D eigenvalue weighted by Crippen LogP contribution is -2.20. The lowest BCUT2D eigenvalue weighted by molar-refractivity contribution is -0.116. The Morgan fingerprint density at radius 2 is 2.29 bits per heavy atom. The number of rotatable bonds is 4. The van der Waals surface area contributed by atoms with Gasteiger partial charge in [-0.2, -0.15) is 5.10 Å². The van der Waals surface area contributed by atoms with E-state index in [0.717, 1.165) is 23.1 Å². The van der Waals surface area contributed by atoms with Gasteiger partial charge in [-0.25, -0.2) is 0 Å². The van der Waals surface area contributed by atoms with Crippen LogP contribution in [0.5, 0.6) is 0 Å². The van der Waals surface area contributed by atoms with E-state index in [-0.39, 0.29) is 5.91 Å². The first-order valence-electron chi connectivity index (χ1n) is 5.53. The zero-order valence-corrected chi connectivity index (χ0v) is 10.0. The van der Waals surface area contributed by atoms with E-state index >= 15 is 0 Å². The first-order chi connectivity index (χ1) is 8.15. The number of nitrogens with zero attached hydrogens (tertiary/aromatic N) is 2. The van der Waals surface area contributed by atoms with Crippen molar-refractivity contribution >= 4 is 22.5 Å². The number of benzene rings is 1. The fraction of sp³-hybridized carbons (Fsp3) is 0.333. The molecular formula is C12H16N4O. The van der Waals surface area contributed by atoms with E-state index in [0.29, 0.717) is 6.42 Å². The van der Waals surface area contributed by atoms with Crippen LogP contribution in [0.2, 0.25) is 0 Å². The third-order valence-corrected chi connectivity index (χ3v) is 2.51. The molecule has 1 heterocycles. The number of hydrogen-bond acceptors (Lipinski definition) is 3. The maximum Gasteiger partial charge on any atom is 0.225 e.